The summed E-state index contributed by atoms with van der Waals surface area (Å²) in [4.78, 5) is 27.3. The molecule has 1 aliphatic heterocycles. The van der Waals surface area contributed by atoms with Gasteiger partial charge in [0, 0.05) is 26.2 Å². The number of hydrogen-bond donors (Lipinski definition) is 1. The van der Waals surface area contributed by atoms with E-state index in [9.17, 15) is 9.59 Å². The van der Waals surface area contributed by atoms with Gasteiger partial charge in [0.25, 0.3) is 0 Å². The Bertz CT molecular complexity index is 326. The van der Waals surface area contributed by atoms with Gasteiger partial charge in [-0.2, -0.15) is 0 Å². The summed E-state index contributed by atoms with van der Waals surface area (Å²) in [6, 6.07) is -0.460. The topological polar surface area (TPSA) is 75.9 Å². The normalized spacial score (nSPS) is 17.2. The number of carbonyl (C=O) groups excluding carboxylic acids is 2. The predicted molar refractivity (Wildman–Crippen MR) is 77.2 cm³/mol. The third kappa shape index (κ3) is 4.67. The number of nitrogens with zero attached hydrogens (tertiary/aromatic N) is 2. The zero-order valence-corrected chi connectivity index (χ0v) is 12.8. The summed E-state index contributed by atoms with van der Waals surface area (Å²) < 4.78 is 5.16. The van der Waals surface area contributed by atoms with Gasteiger partial charge < -0.3 is 20.3 Å². The Morgan fingerprint density at radius 3 is 2.20 bits per heavy atom. The molecule has 0 aliphatic carbocycles. The highest BCUT2D eigenvalue weighted by atomic mass is 16.6. The molecule has 20 heavy (non-hydrogen) atoms. The quantitative estimate of drug-likeness (QED) is 0.766. The summed E-state index contributed by atoms with van der Waals surface area (Å²) in [5.41, 5.74) is 5.87. The van der Waals surface area contributed by atoms with Gasteiger partial charge in [-0.15, -0.1) is 0 Å². The van der Waals surface area contributed by atoms with Crippen LogP contribution in [0.2, 0.25) is 0 Å². The number of piperazine rings is 1. The molecule has 0 saturated carbocycles. The van der Waals surface area contributed by atoms with Crippen LogP contribution < -0.4 is 5.73 Å². The molecule has 0 aromatic heterocycles. The van der Waals surface area contributed by atoms with Crippen molar-refractivity contribution in [2.45, 2.75) is 39.7 Å². The molecular formula is C14H27N3O3. The zero-order valence-electron chi connectivity index (χ0n) is 12.8. The van der Waals surface area contributed by atoms with Crippen molar-refractivity contribution in [2.75, 3.05) is 32.8 Å². The van der Waals surface area contributed by atoms with E-state index in [0.717, 1.165) is 12.8 Å². The molecule has 1 heterocycles. The molecule has 0 spiro atoms. The summed E-state index contributed by atoms with van der Waals surface area (Å²) in [6.45, 7) is 8.48. The van der Waals surface area contributed by atoms with Crippen molar-refractivity contribution in [1.82, 2.24) is 9.80 Å². The van der Waals surface area contributed by atoms with Crippen LogP contribution in [0.3, 0.4) is 0 Å². The van der Waals surface area contributed by atoms with E-state index in [2.05, 4.69) is 6.92 Å². The van der Waals surface area contributed by atoms with Gasteiger partial charge in [0.05, 0.1) is 12.6 Å². The van der Waals surface area contributed by atoms with Crippen molar-refractivity contribution in [2.24, 2.45) is 11.7 Å². The summed E-state index contributed by atoms with van der Waals surface area (Å²) in [5, 5.41) is 0. The maximum atomic E-state index is 12.1. The van der Waals surface area contributed by atoms with E-state index in [1.807, 2.05) is 13.8 Å². The molecule has 0 aromatic carbocycles. The maximum Gasteiger partial charge on any atom is 0.409 e. The minimum Gasteiger partial charge on any atom is -0.449 e. The second-order valence-corrected chi connectivity index (χ2v) is 5.55. The van der Waals surface area contributed by atoms with Crippen molar-refractivity contribution >= 4 is 12.0 Å². The molecule has 2 amide bonds. The van der Waals surface area contributed by atoms with Gasteiger partial charge >= 0.3 is 6.09 Å². The molecule has 1 atom stereocenters. The Morgan fingerprint density at radius 1 is 1.15 bits per heavy atom. The fourth-order valence-electron chi connectivity index (χ4n) is 2.00. The van der Waals surface area contributed by atoms with Gasteiger partial charge in [0.15, 0.2) is 0 Å². The Morgan fingerprint density at radius 2 is 1.70 bits per heavy atom. The lowest BCUT2D eigenvalue weighted by Crippen LogP contribution is -2.55. The van der Waals surface area contributed by atoms with E-state index < -0.39 is 6.04 Å². The van der Waals surface area contributed by atoms with Crippen LogP contribution in [0.25, 0.3) is 0 Å². The lowest BCUT2D eigenvalue weighted by atomic mass is 10.0. The molecule has 1 aliphatic rings. The highest BCUT2D eigenvalue weighted by molar-refractivity contribution is 5.82. The van der Waals surface area contributed by atoms with Crippen molar-refractivity contribution in [3.05, 3.63) is 0 Å². The van der Waals surface area contributed by atoms with Crippen LogP contribution in [0, 0.1) is 5.92 Å². The smallest absolute Gasteiger partial charge is 0.409 e. The summed E-state index contributed by atoms with van der Waals surface area (Å²) in [7, 11) is 0. The second kappa shape index (κ2) is 8.09. The Balaban J connectivity index is 2.36. The van der Waals surface area contributed by atoms with Crippen LogP contribution in [-0.4, -0.2) is 60.6 Å². The minimum atomic E-state index is -0.460. The largest absolute Gasteiger partial charge is 0.449 e. The lowest BCUT2D eigenvalue weighted by Gasteiger charge is -2.35. The number of rotatable bonds is 5. The number of amides is 2. The minimum absolute atomic E-state index is 0.0287. The molecule has 2 N–H and O–H groups in total. The Labute approximate surface area is 121 Å². The Kier molecular flexibility index (Phi) is 6.78. The average Bonchev–Trinajstić information content (AvgIpc) is 2.46. The van der Waals surface area contributed by atoms with Gasteiger partial charge in [0.2, 0.25) is 5.91 Å². The molecule has 1 rings (SSSR count). The van der Waals surface area contributed by atoms with E-state index >= 15 is 0 Å². The van der Waals surface area contributed by atoms with E-state index in [0.29, 0.717) is 32.8 Å². The molecule has 0 bridgehead atoms. The number of unbranched alkanes of at least 4 members (excludes halogenated alkanes) is 1. The van der Waals surface area contributed by atoms with Crippen LogP contribution in [-0.2, 0) is 9.53 Å². The van der Waals surface area contributed by atoms with Crippen LogP contribution in [0.5, 0.6) is 0 Å². The first kappa shape index (κ1) is 16.8. The first-order chi connectivity index (χ1) is 9.47. The van der Waals surface area contributed by atoms with Gasteiger partial charge in [-0.1, -0.05) is 27.2 Å². The molecule has 1 saturated heterocycles. The predicted octanol–water partition coefficient (Wildman–Crippen LogP) is 1.05. The van der Waals surface area contributed by atoms with E-state index in [1.54, 1.807) is 9.80 Å². The van der Waals surface area contributed by atoms with Gasteiger partial charge in [-0.25, -0.2) is 4.79 Å². The van der Waals surface area contributed by atoms with Gasteiger partial charge in [-0.05, 0) is 12.3 Å². The molecular weight excluding hydrogens is 258 g/mol. The molecule has 0 aromatic rings. The highest BCUT2D eigenvalue weighted by Gasteiger charge is 2.28. The van der Waals surface area contributed by atoms with E-state index in [-0.39, 0.29) is 17.9 Å². The van der Waals surface area contributed by atoms with Gasteiger partial charge in [0.1, 0.15) is 0 Å². The first-order valence-electron chi connectivity index (χ1n) is 7.43. The molecule has 0 unspecified atom stereocenters. The fraction of sp³-hybridized carbons (Fsp3) is 0.857. The van der Waals surface area contributed by atoms with Gasteiger partial charge in [-0.3, -0.25) is 4.79 Å². The number of nitrogens with two attached hydrogens (primary N) is 1. The third-order valence-corrected chi connectivity index (χ3v) is 3.58. The summed E-state index contributed by atoms with van der Waals surface area (Å²) >= 11 is 0. The summed E-state index contributed by atoms with van der Waals surface area (Å²) in [5.74, 6) is 0.0959. The van der Waals surface area contributed by atoms with E-state index in [1.165, 1.54) is 0 Å². The summed E-state index contributed by atoms with van der Waals surface area (Å²) in [6.07, 6.45) is 1.61. The van der Waals surface area contributed by atoms with E-state index in [4.69, 9.17) is 10.5 Å². The number of hydrogen-bond acceptors (Lipinski definition) is 4. The number of carbonyl (C=O) groups is 2. The third-order valence-electron chi connectivity index (χ3n) is 3.58. The van der Waals surface area contributed by atoms with Crippen molar-refractivity contribution in [1.29, 1.82) is 0 Å². The molecule has 116 valence electrons. The second-order valence-electron chi connectivity index (χ2n) is 5.55. The molecule has 0 radical (unpaired) electrons. The molecule has 6 nitrogen and oxygen atoms in total. The van der Waals surface area contributed by atoms with Crippen LogP contribution in [0.15, 0.2) is 0 Å². The molecule has 1 fully saturated rings. The van der Waals surface area contributed by atoms with Crippen LogP contribution in [0.4, 0.5) is 4.79 Å². The van der Waals surface area contributed by atoms with Crippen molar-refractivity contribution in [3.8, 4) is 0 Å². The monoisotopic (exact) mass is 285 g/mol. The zero-order chi connectivity index (χ0) is 15.1. The average molecular weight is 285 g/mol. The Hall–Kier alpha value is -1.30. The van der Waals surface area contributed by atoms with Crippen LogP contribution >= 0.6 is 0 Å². The number of ether oxygens (including phenoxy) is 1. The van der Waals surface area contributed by atoms with Crippen molar-refractivity contribution in [3.63, 3.8) is 0 Å². The fourth-order valence-corrected chi connectivity index (χ4v) is 2.00. The highest BCUT2D eigenvalue weighted by Crippen LogP contribution is 2.09. The lowest BCUT2D eigenvalue weighted by molar-refractivity contribution is -0.135. The standard InChI is InChI=1S/C14H27N3O3/c1-4-5-10-20-14(19)17-8-6-16(7-9-17)13(18)12(15)11(2)3/h11-12H,4-10,15H2,1-3H3/t12-/m0/s1. The SMILES string of the molecule is CCCCOC(=O)N1CCN(C(=O)[C@@H](N)C(C)C)CC1. The van der Waals surface area contributed by atoms with Crippen LogP contribution in [0.1, 0.15) is 33.6 Å². The first-order valence-corrected chi connectivity index (χ1v) is 7.43. The maximum absolute atomic E-state index is 12.1. The molecule has 6 heteroatoms. The van der Waals surface area contributed by atoms with Crippen molar-refractivity contribution < 1.29 is 14.3 Å².